The van der Waals surface area contributed by atoms with E-state index in [-0.39, 0.29) is 59.5 Å². The van der Waals surface area contributed by atoms with E-state index in [0.29, 0.717) is 11.1 Å². The van der Waals surface area contributed by atoms with E-state index in [1.807, 2.05) is 0 Å². The first-order chi connectivity index (χ1) is 14.2. The Balaban J connectivity index is 1.96. The molecule has 158 valence electrons. The van der Waals surface area contributed by atoms with E-state index in [1.165, 1.54) is 25.1 Å². The number of hydrogen-bond donors (Lipinski definition) is 4. The fourth-order valence-electron chi connectivity index (χ4n) is 3.20. The number of phenolic OH excluding ortho intramolecular Hbond substituents is 4. The lowest BCUT2D eigenvalue weighted by molar-refractivity contribution is -0.139. The van der Waals surface area contributed by atoms with Crippen molar-refractivity contribution in [1.29, 1.82) is 0 Å². The highest BCUT2D eigenvalue weighted by Gasteiger charge is 2.33. The Labute approximate surface area is 172 Å². The molecule has 0 aromatic heterocycles. The molecule has 0 fully saturated rings. The first-order valence-corrected chi connectivity index (χ1v) is 9.26. The van der Waals surface area contributed by atoms with Crippen LogP contribution in [0.4, 0.5) is 0 Å². The Bertz CT molecular complexity index is 1040. The molecule has 1 atom stereocenters. The molecule has 1 aliphatic rings. The highest BCUT2D eigenvalue weighted by atomic mass is 16.5. The predicted molar refractivity (Wildman–Crippen MR) is 106 cm³/mol. The molecule has 30 heavy (non-hydrogen) atoms. The van der Waals surface area contributed by atoms with E-state index in [9.17, 15) is 30.0 Å². The lowest BCUT2D eigenvalue weighted by atomic mass is 9.92. The first-order valence-electron chi connectivity index (χ1n) is 9.26. The molecule has 4 N–H and O–H groups in total. The summed E-state index contributed by atoms with van der Waals surface area (Å²) >= 11 is 0. The number of rotatable bonds is 5. The maximum atomic E-state index is 12.7. The number of allylic oxidation sites excluding steroid dienone is 1. The third-order valence-electron chi connectivity index (χ3n) is 4.78. The zero-order chi connectivity index (χ0) is 22.0. The van der Waals surface area contributed by atoms with Gasteiger partial charge in [-0.25, -0.2) is 0 Å². The summed E-state index contributed by atoms with van der Waals surface area (Å²) in [4.78, 5) is 23.7. The second-order valence-electron chi connectivity index (χ2n) is 7.11. The molecule has 0 amide bonds. The van der Waals surface area contributed by atoms with E-state index < -0.39 is 12.1 Å². The number of fused-ring (bicyclic) bond motifs is 1. The Morgan fingerprint density at radius 3 is 2.50 bits per heavy atom. The van der Waals surface area contributed by atoms with Gasteiger partial charge in [0.05, 0.1) is 6.42 Å². The molecule has 8 heteroatoms. The second kappa shape index (κ2) is 8.36. The van der Waals surface area contributed by atoms with Crippen molar-refractivity contribution < 1.29 is 39.5 Å². The van der Waals surface area contributed by atoms with Crippen molar-refractivity contribution in [3.05, 3.63) is 52.6 Å². The van der Waals surface area contributed by atoms with Crippen molar-refractivity contribution in [2.45, 2.75) is 32.8 Å². The van der Waals surface area contributed by atoms with Gasteiger partial charge < -0.3 is 29.9 Å². The maximum Gasteiger partial charge on any atom is 0.302 e. The molecule has 3 rings (SSSR count). The van der Waals surface area contributed by atoms with E-state index >= 15 is 0 Å². The van der Waals surface area contributed by atoms with E-state index in [0.717, 1.165) is 11.6 Å². The van der Waals surface area contributed by atoms with Crippen molar-refractivity contribution in [2.24, 2.45) is 0 Å². The minimum Gasteiger partial charge on any atom is -0.507 e. The van der Waals surface area contributed by atoms with Crippen LogP contribution in [0.1, 0.15) is 47.9 Å². The third kappa shape index (κ3) is 4.32. The normalized spacial score (nSPS) is 16.0. The Morgan fingerprint density at radius 2 is 1.83 bits per heavy atom. The smallest absolute Gasteiger partial charge is 0.302 e. The van der Waals surface area contributed by atoms with Crippen LogP contribution in [0.15, 0.2) is 35.9 Å². The number of carbonyl (C=O) groups is 2. The Morgan fingerprint density at radius 1 is 1.10 bits per heavy atom. The lowest BCUT2D eigenvalue weighted by Gasteiger charge is -2.28. The molecule has 0 aliphatic carbocycles. The number of esters is 1. The number of phenols is 4. The summed E-state index contributed by atoms with van der Waals surface area (Å²) in [5.74, 6) is -2.02. The van der Waals surface area contributed by atoms with Crippen LogP contribution < -0.4 is 4.74 Å². The van der Waals surface area contributed by atoms with Crippen LogP contribution in [0.3, 0.4) is 0 Å². The zero-order valence-electron chi connectivity index (χ0n) is 16.5. The summed E-state index contributed by atoms with van der Waals surface area (Å²) in [6, 6.07) is 5.20. The quantitative estimate of drug-likeness (QED) is 0.333. The second-order valence-corrected chi connectivity index (χ2v) is 7.11. The molecule has 0 saturated carbocycles. The zero-order valence-corrected chi connectivity index (χ0v) is 16.5. The van der Waals surface area contributed by atoms with Crippen LogP contribution >= 0.6 is 0 Å². The Kier molecular flexibility index (Phi) is 5.86. The van der Waals surface area contributed by atoms with Crippen molar-refractivity contribution in [3.63, 3.8) is 0 Å². The Hall–Kier alpha value is -3.68. The molecular formula is C22H22O8. The molecule has 1 aliphatic heterocycles. The minimum atomic E-state index is -0.775. The van der Waals surface area contributed by atoms with Gasteiger partial charge >= 0.3 is 5.97 Å². The lowest BCUT2D eigenvalue weighted by Crippen LogP contribution is -2.21. The largest absolute Gasteiger partial charge is 0.507 e. The molecule has 2 aromatic rings. The molecule has 0 spiro atoms. The third-order valence-corrected chi connectivity index (χ3v) is 4.78. The molecule has 0 bridgehead atoms. The van der Waals surface area contributed by atoms with Gasteiger partial charge in [0.2, 0.25) is 0 Å². The van der Waals surface area contributed by atoms with Crippen molar-refractivity contribution in [2.75, 3.05) is 6.61 Å². The summed E-state index contributed by atoms with van der Waals surface area (Å²) in [5.41, 5.74) is 1.47. The molecule has 0 radical (unpaired) electrons. The summed E-state index contributed by atoms with van der Waals surface area (Å²) in [5, 5.41) is 39.8. The van der Waals surface area contributed by atoms with Crippen LogP contribution in [0.25, 0.3) is 0 Å². The van der Waals surface area contributed by atoms with Gasteiger partial charge in [-0.05, 0) is 36.6 Å². The van der Waals surface area contributed by atoms with Crippen molar-refractivity contribution >= 4 is 11.8 Å². The van der Waals surface area contributed by atoms with Gasteiger partial charge in [0.25, 0.3) is 0 Å². The number of aromatic hydroxyl groups is 4. The van der Waals surface area contributed by atoms with Crippen LogP contribution in [-0.4, -0.2) is 38.8 Å². The maximum absolute atomic E-state index is 12.7. The monoisotopic (exact) mass is 414 g/mol. The van der Waals surface area contributed by atoms with Crippen molar-refractivity contribution in [1.82, 2.24) is 0 Å². The van der Waals surface area contributed by atoms with Gasteiger partial charge in [-0.15, -0.1) is 0 Å². The number of Topliss-reactive ketones (excluding diaryl/α,β-unsaturated/α-hetero) is 1. The van der Waals surface area contributed by atoms with Gasteiger partial charge in [-0.2, -0.15) is 0 Å². The fraction of sp³-hybridized carbons (Fsp3) is 0.273. The highest BCUT2D eigenvalue weighted by Crippen LogP contribution is 2.46. The molecule has 0 saturated heterocycles. The van der Waals surface area contributed by atoms with Gasteiger partial charge in [-0.3, -0.25) is 9.59 Å². The topological polar surface area (TPSA) is 134 Å². The molecule has 2 aromatic carbocycles. The minimum absolute atomic E-state index is 0.0203. The highest BCUT2D eigenvalue weighted by molar-refractivity contribution is 6.03. The summed E-state index contributed by atoms with van der Waals surface area (Å²) in [6.45, 7) is 3.14. The van der Waals surface area contributed by atoms with Crippen LogP contribution in [-0.2, 0) is 16.0 Å². The van der Waals surface area contributed by atoms with E-state index in [1.54, 1.807) is 13.0 Å². The summed E-state index contributed by atoms with van der Waals surface area (Å²) in [6.07, 6.45) is 1.03. The first kappa shape index (κ1) is 21.0. The summed E-state index contributed by atoms with van der Waals surface area (Å²) < 4.78 is 10.9. The van der Waals surface area contributed by atoms with E-state index in [4.69, 9.17) is 9.47 Å². The van der Waals surface area contributed by atoms with Gasteiger partial charge in [0.15, 0.2) is 17.3 Å². The molecule has 1 unspecified atom stereocenters. The van der Waals surface area contributed by atoms with Crippen LogP contribution in [0.5, 0.6) is 28.7 Å². The van der Waals surface area contributed by atoms with Crippen molar-refractivity contribution in [3.8, 4) is 28.7 Å². The average Bonchev–Trinajstić information content (AvgIpc) is 2.67. The fourth-order valence-corrected chi connectivity index (χ4v) is 3.20. The number of hydrogen-bond acceptors (Lipinski definition) is 8. The summed E-state index contributed by atoms with van der Waals surface area (Å²) in [7, 11) is 0. The number of carbonyl (C=O) groups excluding carboxylic acids is 2. The molecule has 1 heterocycles. The number of ether oxygens (including phenoxy) is 2. The number of benzene rings is 2. The van der Waals surface area contributed by atoms with Gasteiger partial charge in [0.1, 0.15) is 35.5 Å². The van der Waals surface area contributed by atoms with E-state index in [2.05, 4.69) is 0 Å². The van der Waals surface area contributed by atoms with Crippen LogP contribution in [0, 0.1) is 0 Å². The number of ketones is 1. The predicted octanol–water partition coefficient (Wildman–Crippen LogP) is 3.27. The average molecular weight is 414 g/mol. The van der Waals surface area contributed by atoms with Gasteiger partial charge in [-0.1, -0.05) is 12.1 Å². The molecular weight excluding hydrogens is 392 g/mol. The van der Waals surface area contributed by atoms with Crippen LogP contribution in [0.2, 0.25) is 0 Å². The SMILES string of the molecule is CC(=O)OCC(C)=CCc1c(O)cc(O)c2c1OC(c1ccc(O)c(O)c1)CC2=O. The molecule has 8 nitrogen and oxygen atoms in total. The standard InChI is InChI=1S/C22H22O8/c1-11(10-29-12(2)23)3-5-14-16(25)8-18(27)21-19(28)9-20(30-22(14)21)13-4-6-15(24)17(26)7-13/h3-4,6-8,20,24-27H,5,9-10H2,1-2H3. The van der Waals surface area contributed by atoms with Gasteiger partial charge in [0, 0.05) is 18.6 Å².